The molecule has 0 radical (unpaired) electrons. The Morgan fingerprint density at radius 1 is 1.00 bits per heavy atom. The smallest absolute Gasteiger partial charge is 0.267 e. The number of aryl methyl sites for hydroxylation is 1. The highest BCUT2D eigenvalue weighted by Gasteiger charge is 2.21. The van der Waals surface area contributed by atoms with E-state index in [0.717, 1.165) is 5.56 Å². The average molecular weight is 508 g/mol. The Morgan fingerprint density at radius 2 is 1.81 bits per heavy atom. The lowest BCUT2D eigenvalue weighted by atomic mass is 10.2. The van der Waals surface area contributed by atoms with Gasteiger partial charge in [-0.25, -0.2) is 19.9 Å². The lowest BCUT2D eigenvalue weighted by Gasteiger charge is -2.21. The summed E-state index contributed by atoms with van der Waals surface area (Å²) in [7, 11) is 0. The van der Waals surface area contributed by atoms with Crippen molar-refractivity contribution in [2.24, 2.45) is 0 Å². The fourth-order valence-corrected chi connectivity index (χ4v) is 4.14. The quantitative estimate of drug-likeness (QED) is 0.339. The highest BCUT2D eigenvalue weighted by molar-refractivity contribution is 6.35. The van der Waals surface area contributed by atoms with Crippen molar-refractivity contribution in [2.45, 2.75) is 19.9 Å². The van der Waals surface area contributed by atoms with Crippen LogP contribution in [0.15, 0.2) is 78.0 Å². The maximum absolute atomic E-state index is 13.7. The van der Waals surface area contributed by atoms with Gasteiger partial charge in [0.05, 0.1) is 27.7 Å². The minimum atomic E-state index is -0.469. The molecule has 5 rings (SSSR count). The van der Waals surface area contributed by atoms with Crippen molar-refractivity contribution in [3.8, 4) is 17.5 Å². The number of aromatic nitrogens is 5. The van der Waals surface area contributed by atoms with Crippen molar-refractivity contribution in [2.75, 3.05) is 11.1 Å². The van der Waals surface area contributed by atoms with E-state index < -0.39 is 6.04 Å². The summed E-state index contributed by atoms with van der Waals surface area (Å²) in [6.45, 7) is 3.84. The second kappa shape index (κ2) is 10.1. The van der Waals surface area contributed by atoms with Crippen molar-refractivity contribution in [1.82, 2.24) is 24.5 Å². The summed E-state index contributed by atoms with van der Waals surface area (Å²) in [4.78, 5) is 31.3. The molecule has 1 unspecified atom stereocenters. The number of nitrogens with two attached hydrogens (primary N) is 1. The van der Waals surface area contributed by atoms with Crippen molar-refractivity contribution < 1.29 is 0 Å². The molecule has 3 heterocycles. The number of para-hydroxylation sites is 1. The van der Waals surface area contributed by atoms with Crippen molar-refractivity contribution in [1.29, 1.82) is 0 Å². The molecule has 3 aromatic heterocycles. The number of halogens is 1. The van der Waals surface area contributed by atoms with Crippen LogP contribution in [0, 0.1) is 18.8 Å². The van der Waals surface area contributed by atoms with Crippen LogP contribution in [0.3, 0.4) is 0 Å². The van der Waals surface area contributed by atoms with Crippen molar-refractivity contribution >= 4 is 34.1 Å². The van der Waals surface area contributed by atoms with Crippen LogP contribution in [0.2, 0.25) is 5.02 Å². The topological polar surface area (TPSA) is 112 Å². The van der Waals surface area contributed by atoms with Crippen LogP contribution in [0.25, 0.3) is 16.6 Å². The average Bonchev–Trinajstić information content (AvgIpc) is 2.89. The molecule has 0 fully saturated rings. The van der Waals surface area contributed by atoms with Crippen LogP contribution < -0.4 is 16.6 Å². The summed E-state index contributed by atoms with van der Waals surface area (Å²) in [6, 6.07) is 17.8. The summed E-state index contributed by atoms with van der Waals surface area (Å²) in [5.74, 6) is 7.17. The molecule has 0 aliphatic rings. The molecule has 0 aliphatic carbocycles. The number of hydrogen-bond donors (Lipinski definition) is 2. The monoisotopic (exact) mass is 507 g/mol. The van der Waals surface area contributed by atoms with Gasteiger partial charge in [-0.1, -0.05) is 47.9 Å². The van der Waals surface area contributed by atoms with E-state index in [1.54, 1.807) is 29.0 Å². The first kappa shape index (κ1) is 24.0. The molecular weight excluding hydrogens is 486 g/mol. The SMILES string of the molecule is Cc1ccc(C#Cc2c(N)ncnc2NC(C)c2nc3cccc(Cl)c3c(=O)n2-c2ccccc2)nc1. The molecule has 0 spiro atoms. The van der Waals surface area contributed by atoms with E-state index >= 15 is 0 Å². The third-order valence-electron chi connectivity index (χ3n) is 5.73. The maximum atomic E-state index is 13.7. The third kappa shape index (κ3) is 4.85. The van der Waals surface area contributed by atoms with Gasteiger partial charge in [0.2, 0.25) is 0 Å². The van der Waals surface area contributed by atoms with E-state index in [1.807, 2.05) is 56.3 Å². The fraction of sp³-hybridized carbons (Fsp3) is 0.107. The van der Waals surface area contributed by atoms with Gasteiger partial charge in [-0.2, -0.15) is 0 Å². The highest BCUT2D eigenvalue weighted by atomic mass is 35.5. The largest absolute Gasteiger partial charge is 0.382 e. The van der Waals surface area contributed by atoms with Gasteiger partial charge in [0.15, 0.2) is 0 Å². The summed E-state index contributed by atoms with van der Waals surface area (Å²) in [6.07, 6.45) is 3.11. The Morgan fingerprint density at radius 3 is 2.57 bits per heavy atom. The first-order valence-electron chi connectivity index (χ1n) is 11.5. The second-order valence-electron chi connectivity index (χ2n) is 8.40. The van der Waals surface area contributed by atoms with E-state index in [4.69, 9.17) is 22.3 Å². The molecule has 9 heteroatoms. The molecule has 0 saturated carbocycles. The van der Waals surface area contributed by atoms with E-state index in [2.05, 4.69) is 32.1 Å². The molecule has 8 nitrogen and oxygen atoms in total. The number of fused-ring (bicyclic) bond motifs is 1. The zero-order valence-electron chi connectivity index (χ0n) is 20.1. The maximum Gasteiger partial charge on any atom is 0.267 e. The summed E-state index contributed by atoms with van der Waals surface area (Å²) >= 11 is 6.40. The fourth-order valence-electron chi connectivity index (χ4n) is 3.89. The Bertz CT molecular complexity index is 1720. The Kier molecular flexibility index (Phi) is 6.54. The molecule has 0 aliphatic heterocycles. The van der Waals surface area contributed by atoms with Gasteiger partial charge in [-0.3, -0.25) is 9.36 Å². The number of benzene rings is 2. The molecule has 0 amide bonds. The summed E-state index contributed by atoms with van der Waals surface area (Å²) in [5, 5.41) is 4.02. The number of nitrogen functional groups attached to an aromatic ring is 1. The van der Waals surface area contributed by atoms with E-state index in [0.29, 0.717) is 44.5 Å². The van der Waals surface area contributed by atoms with Gasteiger partial charge >= 0.3 is 0 Å². The molecule has 3 N–H and O–H groups in total. The van der Waals surface area contributed by atoms with Crippen LogP contribution in [-0.4, -0.2) is 24.5 Å². The molecular formula is C28H22ClN7O. The minimum Gasteiger partial charge on any atom is -0.382 e. The standard InChI is InChI=1S/C28H22ClN7O/c1-17-11-12-19(31-15-17)13-14-21-25(30)32-16-33-26(21)34-18(2)27-35-23-10-6-9-22(29)24(23)28(37)36(27)20-7-4-3-5-8-20/h3-12,15-16,18H,1-2H3,(H3,30,32,33,34). The van der Waals surface area contributed by atoms with Gasteiger partial charge in [0, 0.05) is 6.20 Å². The number of pyridine rings is 1. The van der Waals surface area contributed by atoms with Crippen molar-refractivity contribution in [3.63, 3.8) is 0 Å². The third-order valence-corrected chi connectivity index (χ3v) is 6.05. The van der Waals surface area contributed by atoms with Gasteiger partial charge in [-0.05, 0) is 55.7 Å². The van der Waals surface area contributed by atoms with E-state index in [9.17, 15) is 4.79 Å². The molecule has 2 aromatic carbocycles. The molecule has 1 atom stereocenters. The Labute approximate surface area is 218 Å². The zero-order valence-corrected chi connectivity index (χ0v) is 20.9. The van der Waals surface area contributed by atoms with Crippen LogP contribution in [0.5, 0.6) is 0 Å². The number of anilines is 2. The van der Waals surface area contributed by atoms with Crippen LogP contribution >= 0.6 is 11.6 Å². The van der Waals surface area contributed by atoms with Crippen LogP contribution in [-0.2, 0) is 0 Å². The first-order valence-corrected chi connectivity index (χ1v) is 11.9. The summed E-state index contributed by atoms with van der Waals surface area (Å²) in [5.41, 5.74) is 9.12. The number of nitrogens with zero attached hydrogens (tertiary/aromatic N) is 5. The van der Waals surface area contributed by atoms with Gasteiger partial charge in [-0.15, -0.1) is 0 Å². The molecule has 37 heavy (non-hydrogen) atoms. The van der Waals surface area contributed by atoms with Gasteiger partial charge in [0.1, 0.15) is 35.0 Å². The second-order valence-corrected chi connectivity index (χ2v) is 8.81. The predicted octanol–water partition coefficient (Wildman–Crippen LogP) is 4.69. The molecule has 182 valence electrons. The van der Waals surface area contributed by atoms with E-state index in [1.165, 1.54) is 6.33 Å². The van der Waals surface area contributed by atoms with E-state index in [-0.39, 0.29) is 11.4 Å². The lowest BCUT2D eigenvalue weighted by Crippen LogP contribution is -2.27. The highest BCUT2D eigenvalue weighted by Crippen LogP contribution is 2.26. The van der Waals surface area contributed by atoms with Crippen LogP contribution in [0.4, 0.5) is 11.6 Å². The molecule has 5 aromatic rings. The van der Waals surface area contributed by atoms with Gasteiger partial charge in [0.25, 0.3) is 5.56 Å². The lowest BCUT2D eigenvalue weighted by molar-refractivity contribution is 0.730. The Hall–Kier alpha value is -4.74. The predicted molar refractivity (Wildman–Crippen MR) is 146 cm³/mol. The molecule has 0 saturated heterocycles. The first-order chi connectivity index (χ1) is 17.9. The number of hydrogen-bond acceptors (Lipinski definition) is 7. The van der Waals surface area contributed by atoms with Gasteiger partial charge < -0.3 is 11.1 Å². The normalized spacial score (nSPS) is 11.5. The minimum absolute atomic E-state index is 0.225. The number of nitrogens with one attached hydrogen (secondary N) is 1. The number of rotatable bonds is 4. The van der Waals surface area contributed by atoms with Crippen LogP contribution in [0.1, 0.15) is 35.6 Å². The zero-order chi connectivity index (χ0) is 25.9. The molecule has 0 bridgehead atoms. The Balaban J connectivity index is 1.61. The van der Waals surface area contributed by atoms with Crippen molar-refractivity contribution in [3.05, 3.63) is 111 Å². The summed E-state index contributed by atoms with van der Waals surface area (Å²) < 4.78 is 1.55.